The van der Waals surface area contributed by atoms with Crippen LogP contribution in [0.5, 0.6) is 5.75 Å². The van der Waals surface area contributed by atoms with Crippen LogP contribution >= 0.6 is 0 Å². The predicted octanol–water partition coefficient (Wildman–Crippen LogP) is 2.38. The van der Waals surface area contributed by atoms with Crippen molar-refractivity contribution in [3.63, 3.8) is 0 Å². The molecule has 0 saturated heterocycles. The van der Waals surface area contributed by atoms with Crippen LogP contribution in [0.15, 0.2) is 42.5 Å². The van der Waals surface area contributed by atoms with Crippen LogP contribution in [0.2, 0.25) is 0 Å². The second-order valence-corrected chi connectivity index (χ2v) is 4.72. The third-order valence-corrected chi connectivity index (χ3v) is 2.99. The average molecular weight is 302 g/mol. The molecule has 0 aliphatic heterocycles. The van der Waals surface area contributed by atoms with E-state index in [4.69, 9.17) is 4.74 Å². The second-order valence-electron chi connectivity index (χ2n) is 4.72. The quantitative estimate of drug-likeness (QED) is 0.637. The monoisotopic (exact) mass is 302 g/mol. The largest absolute Gasteiger partial charge is 0.494 e. The van der Waals surface area contributed by atoms with Crippen molar-refractivity contribution >= 4 is 23.0 Å². The van der Waals surface area contributed by atoms with Gasteiger partial charge in [-0.15, -0.1) is 0 Å². The van der Waals surface area contributed by atoms with Gasteiger partial charge in [0.15, 0.2) is 6.29 Å². The highest BCUT2D eigenvalue weighted by molar-refractivity contribution is 5.89. The van der Waals surface area contributed by atoms with Crippen LogP contribution in [0, 0.1) is 0 Å². The van der Waals surface area contributed by atoms with E-state index in [1.807, 2.05) is 0 Å². The van der Waals surface area contributed by atoms with Gasteiger partial charge in [0.1, 0.15) is 5.75 Å². The van der Waals surface area contributed by atoms with Crippen LogP contribution in [-0.2, 0) is 4.79 Å². The van der Waals surface area contributed by atoms with Gasteiger partial charge >= 0.3 is 0 Å². The summed E-state index contributed by atoms with van der Waals surface area (Å²) >= 11 is 0. The number of carbonyl (C=O) groups excluding carboxylic acids is 1. The Morgan fingerprint density at radius 1 is 1.14 bits per heavy atom. The molecule has 2 aromatic rings. The van der Waals surface area contributed by atoms with Gasteiger partial charge in [0.05, 0.1) is 12.8 Å². The van der Waals surface area contributed by atoms with E-state index in [9.17, 15) is 15.0 Å². The maximum absolute atomic E-state index is 11.1. The van der Waals surface area contributed by atoms with Gasteiger partial charge in [-0.1, -0.05) is 12.1 Å². The van der Waals surface area contributed by atoms with Crippen LogP contribution in [-0.4, -0.2) is 23.2 Å². The van der Waals surface area contributed by atoms with Crippen LogP contribution < -0.4 is 15.4 Å². The highest BCUT2D eigenvalue weighted by atomic mass is 16.5. The molecular formula is C16H18N2O4. The van der Waals surface area contributed by atoms with Gasteiger partial charge in [-0.05, 0) is 24.3 Å². The molecule has 6 heteroatoms. The summed E-state index contributed by atoms with van der Waals surface area (Å²) in [5.41, 5.74) is 2.41. The van der Waals surface area contributed by atoms with Crippen molar-refractivity contribution in [3.8, 4) is 5.75 Å². The van der Waals surface area contributed by atoms with Crippen molar-refractivity contribution in [1.82, 2.24) is 0 Å². The summed E-state index contributed by atoms with van der Waals surface area (Å²) in [4.78, 5) is 11.1. The number of rotatable bonds is 5. The fraction of sp³-hybridized carbons (Fsp3) is 0.188. The van der Waals surface area contributed by atoms with Gasteiger partial charge in [0.25, 0.3) is 0 Å². The molecule has 22 heavy (non-hydrogen) atoms. The van der Waals surface area contributed by atoms with Gasteiger partial charge < -0.3 is 25.6 Å². The first kappa shape index (κ1) is 15.8. The summed E-state index contributed by atoms with van der Waals surface area (Å²) in [5, 5.41) is 24.2. The van der Waals surface area contributed by atoms with Crippen LogP contribution in [0.25, 0.3) is 0 Å². The number of hydrogen-bond donors (Lipinski definition) is 4. The second kappa shape index (κ2) is 6.93. The zero-order valence-electron chi connectivity index (χ0n) is 12.3. The van der Waals surface area contributed by atoms with Gasteiger partial charge in [-0.2, -0.15) is 0 Å². The normalized spacial score (nSPS) is 10.4. The summed E-state index contributed by atoms with van der Waals surface area (Å²) in [6.45, 7) is 1.43. The third kappa shape index (κ3) is 3.97. The molecule has 0 aliphatic rings. The maximum atomic E-state index is 11.1. The molecule has 1 amide bonds. The van der Waals surface area contributed by atoms with Gasteiger partial charge in [0, 0.05) is 29.9 Å². The fourth-order valence-corrected chi connectivity index (χ4v) is 2.01. The van der Waals surface area contributed by atoms with E-state index in [0.717, 1.165) is 0 Å². The highest BCUT2D eigenvalue weighted by Gasteiger charge is 2.08. The zero-order chi connectivity index (χ0) is 16.1. The average Bonchev–Trinajstić information content (AvgIpc) is 2.48. The Kier molecular flexibility index (Phi) is 4.98. The molecule has 0 fully saturated rings. The molecular weight excluding hydrogens is 284 g/mol. The van der Waals surface area contributed by atoms with E-state index in [2.05, 4.69) is 10.6 Å². The molecule has 0 aliphatic carbocycles. The smallest absolute Gasteiger partial charge is 0.221 e. The lowest BCUT2D eigenvalue weighted by Gasteiger charge is -2.14. The number of anilines is 3. The number of ether oxygens (including phenoxy) is 1. The number of aliphatic hydroxyl groups excluding tert-OH is 1. The summed E-state index contributed by atoms with van der Waals surface area (Å²) in [6, 6.07) is 12.0. The van der Waals surface area contributed by atoms with E-state index in [1.54, 1.807) is 42.5 Å². The van der Waals surface area contributed by atoms with Crippen LogP contribution in [0.3, 0.4) is 0 Å². The minimum absolute atomic E-state index is 0.160. The number of hydrogen-bond acceptors (Lipinski definition) is 5. The number of benzene rings is 2. The Hall–Kier alpha value is -2.57. The van der Waals surface area contributed by atoms with Gasteiger partial charge in [-0.3, -0.25) is 4.79 Å². The van der Waals surface area contributed by atoms with E-state index in [-0.39, 0.29) is 5.91 Å². The Morgan fingerprint density at radius 2 is 1.91 bits per heavy atom. The van der Waals surface area contributed by atoms with Gasteiger partial charge in [-0.25, -0.2) is 0 Å². The van der Waals surface area contributed by atoms with Crippen molar-refractivity contribution in [3.05, 3.63) is 48.0 Å². The Balaban J connectivity index is 2.25. The number of aliphatic hydroxyl groups is 2. The van der Waals surface area contributed by atoms with E-state index in [0.29, 0.717) is 28.4 Å². The molecule has 0 atom stereocenters. The van der Waals surface area contributed by atoms with Crippen molar-refractivity contribution in [2.75, 3.05) is 17.7 Å². The number of nitrogens with one attached hydrogen (secondary N) is 2. The standard InChI is InChI=1S/C16H18N2O4/c1-10(19)17-13-6-7-14(15(9-13)22-2)18-12-5-3-4-11(8-12)16(20)21/h3-9,16,18,20-21H,1-2H3,(H,17,19). The van der Waals surface area contributed by atoms with E-state index >= 15 is 0 Å². The molecule has 0 saturated carbocycles. The first-order chi connectivity index (χ1) is 10.5. The Bertz CT molecular complexity index is 671. The van der Waals surface area contributed by atoms with Gasteiger partial charge in [0.2, 0.25) is 5.91 Å². The third-order valence-electron chi connectivity index (χ3n) is 2.99. The first-order valence-electron chi connectivity index (χ1n) is 6.68. The number of amides is 1. The Labute approximate surface area is 128 Å². The number of carbonyl (C=O) groups is 1. The topological polar surface area (TPSA) is 90.8 Å². The number of methoxy groups -OCH3 is 1. The lowest BCUT2D eigenvalue weighted by Crippen LogP contribution is -2.06. The Morgan fingerprint density at radius 3 is 2.55 bits per heavy atom. The van der Waals surface area contributed by atoms with E-state index in [1.165, 1.54) is 14.0 Å². The summed E-state index contributed by atoms with van der Waals surface area (Å²) in [5.74, 6) is 0.397. The highest BCUT2D eigenvalue weighted by Crippen LogP contribution is 2.31. The minimum atomic E-state index is -1.52. The first-order valence-corrected chi connectivity index (χ1v) is 6.68. The molecule has 116 valence electrons. The molecule has 2 rings (SSSR count). The SMILES string of the molecule is COc1cc(NC(C)=O)ccc1Nc1cccc(C(O)O)c1. The predicted molar refractivity (Wildman–Crippen MR) is 84.2 cm³/mol. The molecule has 6 nitrogen and oxygen atoms in total. The summed E-state index contributed by atoms with van der Waals surface area (Å²) in [7, 11) is 1.53. The van der Waals surface area contributed by atoms with Crippen molar-refractivity contribution in [2.45, 2.75) is 13.2 Å². The molecule has 0 unspecified atom stereocenters. The van der Waals surface area contributed by atoms with Crippen LogP contribution in [0.4, 0.5) is 17.1 Å². The fourth-order valence-electron chi connectivity index (χ4n) is 2.01. The minimum Gasteiger partial charge on any atom is -0.494 e. The molecule has 0 aromatic heterocycles. The molecule has 0 radical (unpaired) electrons. The maximum Gasteiger partial charge on any atom is 0.221 e. The molecule has 0 spiro atoms. The van der Waals surface area contributed by atoms with Crippen LogP contribution in [0.1, 0.15) is 18.8 Å². The summed E-state index contributed by atoms with van der Waals surface area (Å²) < 4.78 is 5.30. The van der Waals surface area contributed by atoms with Crippen molar-refractivity contribution < 1.29 is 19.7 Å². The zero-order valence-corrected chi connectivity index (χ0v) is 12.3. The van der Waals surface area contributed by atoms with Crippen molar-refractivity contribution in [2.24, 2.45) is 0 Å². The lowest BCUT2D eigenvalue weighted by atomic mass is 10.2. The molecule has 4 N–H and O–H groups in total. The van der Waals surface area contributed by atoms with E-state index < -0.39 is 6.29 Å². The molecule has 0 bridgehead atoms. The summed E-state index contributed by atoms with van der Waals surface area (Å²) in [6.07, 6.45) is -1.52. The molecule has 2 aromatic carbocycles. The lowest BCUT2D eigenvalue weighted by molar-refractivity contribution is -0.114. The molecule has 0 heterocycles. The van der Waals surface area contributed by atoms with Crippen molar-refractivity contribution in [1.29, 1.82) is 0 Å².